The molecule has 0 fully saturated rings. The molecule has 0 bridgehead atoms. The molecule has 0 spiro atoms. The summed E-state index contributed by atoms with van der Waals surface area (Å²) in [6.07, 6.45) is 0.545. The van der Waals surface area contributed by atoms with E-state index in [1.54, 1.807) is 32.3 Å². The Morgan fingerprint density at radius 2 is 1.84 bits per heavy atom. The molecule has 0 radical (unpaired) electrons. The van der Waals surface area contributed by atoms with Crippen LogP contribution in [0.4, 0.5) is 0 Å². The molecule has 6 nitrogen and oxygen atoms in total. The molecule has 1 amide bonds. The van der Waals surface area contributed by atoms with Crippen LogP contribution in [-0.2, 0) is 9.53 Å². The quantitative estimate of drug-likeness (QED) is 0.454. The molecule has 3 aromatic rings. The molecule has 3 rings (SSSR count). The topological polar surface area (TPSA) is 79.7 Å². The first kappa shape index (κ1) is 23.7. The number of pyridine rings is 1. The molecule has 1 unspecified atom stereocenters. The van der Waals surface area contributed by atoms with Gasteiger partial charge in [0.1, 0.15) is 5.69 Å². The number of carboxylic acid groups (broad SMARTS) is 1. The van der Waals surface area contributed by atoms with Crippen LogP contribution in [0.25, 0.3) is 22.0 Å². The minimum absolute atomic E-state index is 0.201. The second-order valence-corrected chi connectivity index (χ2v) is 8.33. The first-order valence-electron chi connectivity index (χ1n) is 10.5. The normalized spacial score (nSPS) is 12.0. The number of ether oxygens (including phenoxy) is 1. The number of fused-ring (bicyclic) bond motifs is 1. The van der Waals surface area contributed by atoms with Gasteiger partial charge in [-0.15, -0.1) is 0 Å². The number of hydrogen-bond donors (Lipinski definition) is 1. The Bertz CT molecular complexity index is 1140. The average molecular weight is 455 g/mol. The Balaban J connectivity index is 2.30. The van der Waals surface area contributed by atoms with Crippen LogP contribution < -0.4 is 0 Å². The number of carbonyl (C=O) groups excluding carboxylic acids is 1. The van der Waals surface area contributed by atoms with E-state index in [2.05, 4.69) is 4.98 Å². The number of amides is 1. The van der Waals surface area contributed by atoms with Gasteiger partial charge < -0.3 is 14.7 Å². The fourth-order valence-electron chi connectivity index (χ4n) is 3.66. The van der Waals surface area contributed by atoms with Crippen molar-refractivity contribution in [2.75, 3.05) is 20.7 Å². The van der Waals surface area contributed by atoms with E-state index >= 15 is 0 Å². The molecule has 0 aliphatic heterocycles. The van der Waals surface area contributed by atoms with Gasteiger partial charge in [0, 0.05) is 36.7 Å². The third kappa shape index (κ3) is 4.92. The summed E-state index contributed by atoms with van der Waals surface area (Å²) in [5, 5.41) is 11.3. The van der Waals surface area contributed by atoms with E-state index in [4.69, 9.17) is 16.3 Å². The average Bonchev–Trinajstić information content (AvgIpc) is 2.76. The van der Waals surface area contributed by atoms with E-state index in [0.717, 1.165) is 34.9 Å². The summed E-state index contributed by atoms with van der Waals surface area (Å²) in [5.74, 6) is -1.25. The fraction of sp³-hybridized carbons (Fsp3) is 0.320. The molecule has 0 aliphatic carbocycles. The van der Waals surface area contributed by atoms with Crippen molar-refractivity contribution < 1.29 is 19.4 Å². The number of carbonyl (C=O) groups is 2. The second kappa shape index (κ2) is 10.1. The van der Waals surface area contributed by atoms with Crippen molar-refractivity contribution in [2.24, 2.45) is 0 Å². The molecule has 1 atom stereocenters. The fourth-order valence-corrected chi connectivity index (χ4v) is 3.78. The van der Waals surface area contributed by atoms with Crippen molar-refractivity contribution in [2.45, 2.75) is 32.8 Å². The van der Waals surface area contributed by atoms with Gasteiger partial charge in [-0.1, -0.05) is 37.1 Å². The standard InChI is InChI=1S/C25H27ClN2O4/c1-5-6-13-32-23(25(30)31)21-15(2)14-20-18(11-12-19(27-20)24(29)28(3)4)22(21)16-7-9-17(26)10-8-16/h7-12,14,23H,5-6,13H2,1-4H3,(H,30,31). The molecule has 168 valence electrons. The molecular weight excluding hydrogens is 428 g/mol. The van der Waals surface area contributed by atoms with E-state index in [9.17, 15) is 14.7 Å². The van der Waals surface area contributed by atoms with Gasteiger partial charge in [-0.05, 0) is 60.4 Å². The zero-order chi connectivity index (χ0) is 23.4. The SMILES string of the molecule is CCCCOC(C(=O)O)c1c(C)cc2nc(C(=O)N(C)C)ccc2c1-c1ccc(Cl)cc1. The van der Waals surface area contributed by atoms with Gasteiger partial charge in [-0.2, -0.15) is 0 Å². The Hall–Kier alpha value is -2.96. The lowest BCUT2D eigenvalue weighted by atomic mass is 9.88. The summed E-state index contributed by atoms with van der Waals surface area (Å²) < 4.78 is 5.83. The zero-order valence-electron chi connectivity index (χ0n) is 18.7. The van der Waals surface area contributed by atoms with Crippen LogP contribution in [0.1, 0.15) is 47.5 Å². The van der Waals surface area contributed by atoms with Gasteiger partial charge in [0.15, 0.2) is 6.10 Å². The monoisotopic (exact) mass is 454 g/mol. The number of carboxylic acids is 1. The van der Waals surface area contributed by atoms with Crippen molar-refractivity contribution in [1.29, 1.82) is 0 Å². The first-order chi connectivity index (χ1) is 15.2. The Morgan fingerprint density at radius 1 is 1.16 bits per heavy atom. The number of rotatable bonds is 8. The molecule has 2 aromatic carbocycles. The first-order valence-corrected chi connectivity index (χ1v) is 10.9. The van der Waals surface area contributed by atoms with Gasteiger partial charge in [0.25, 0.3) is 5.91 Å². The predicted octanol–water partition coefficient (Wildman–Crippen LogP) is 5.51. The molecule has 7 heteroatoms. The Labute approximate surface area is 192 Å². The Morgan fingerprint density at radius 3 is 2.44 bits per heavy atom. The van der Waals surface area contributed by atoms with Crippen LogP contribution >= 0.6 is 11.6 Å². The van der Waals surface area contributed by atoms with E-state index in [1.807, 2.05) is 38.1 Å². The van der Waals surface area contributed by atoms with Gasteiger partial charge in [0.05, 0.1) is 5.52 Å². The lowest BCUT2D eigenvalue weighted by Crippen LogP contribution is -2.22. The maximum atomic E-state index is 12.4. The van der Waals surface area contributed by atoms with E-state index < -0.39 is 12.1 Å². The summed E-state index contributed by atoms with van der Waals surface area (Å²) in [6.45, 7) is 4.22. The van der Waals surface area contributed by atoms with E-state index in [1.165, 1.54) is 4.90 Å². The highest BCUT2D eigenvalue weighted by atomic mass is 35.5. The third-order valence-electron chi connectivity index (χ3n) is 5.27. The number of hydrogen-bond acceptors (Lipinski definition) is 4. The predicted molar refractivity (Wildman–Crippen MR) is 126 cm³/mol. The molecule has 0 saturated heterocycles. The number of aliphatic carboxylic acids is 1. The molecule has 1 N–H and O–H groups in total. The largest absolute Gasteiger partial charge is 0.479 e. The number of benzene rings is 2. The maximum Gasteiger partial charge on any atom is 0.337 e. The van der Waals surface area contributed by atoms with Crippen LogP contribution in [0.5, 0.6) is 0 Å². The van der Waals surface area contributed by atoms with Crippen molar-refractivity contribution in [3.63, 3.8) is 0 Å². The summed E-state index contributed by atoms with van der Waals surface area (Å²) in [6, 6.07) is 12.5. The van der Waals surface area contributed by atoms with E-state index in [0.29, 0.717) is 28.4 Å². The van der Waals surface area contributed by atoms with Crippen LogP contribution in [0.3, 0.4) is 0 Å². The lowest BCUT2D eigenvalue weighted by molar-refractivity contribution is -0.151. The van der Waals surface area contributed by atoms with Crippen molar-refractivity contribution >= 4 is 34.4 Å². The molecular formula is C25H27ClN2O4. The molecule has 32 heavy (non-hydrogen) atoms. The summed E-state index contributed by atoms with van der Waals surface area (Å²) in [4.78, 5) is 30.7. The van der Waals surface area contributed by atoms with Crippen molar-refractivity contribution in [3.8, 4) is 11.1 Å². The molecule has 0 aliphatic rings. The van der Waals surface area contributed by atoms with Crippen LogP contribution in [-0.4, -0.2) is 47.6 Å². The number of aryl methyl sites for hydroxylation is 1. The second-order valence-electron chi connectivity index (χ2n) is 7.89. The highest BCUT2D eigenvalue weighted by molar-refractivity contribution is 6.30. The highest BCUT2D eigenvalue weighted by Crippen LogP contribution is 2.39. The van der Waals surface area contributed by atoms with Gasteiger partial charge in [-0.3, -0.25) is 4.79 Å². The van der Waals surface area contributed by atoms with E-state index in [-0.39, 0.29) is 5.91 Å². The minimum atomic E-state index is -1.13. The van der Waals surface area contributed by atoms with Gasteiger partial charge >= 0.3 is 5.97 Å². The number of nitrogens with zero attached hydrogens (tertiary/aromatic N) is 2. The van der Waals surface area contributed by atoms with Crippen molar-refractivity contribution in [1.82, 2.24) is 9.88 Å². The zero-order valence-corrected chi connectivity index (χ0v) is 19.4. The number of aromatic nitrogens is 1. The number of halogens is 1. The van der Waals surface area contributed by atoms with Crippen LogP contribution in [0, 0.1) is 6.92 Å². The summed E-state index contributed by atoms with van der Waals surface area (Å²) in [5.41, 5.74) is 3.77. The van der Waals surface area contributed by atoms with Gasteiger partial charge in [0.2, 0.25) is 0 Å². The molecule has 1 heterocycles. The van der Waals surface area contributed by atoms with Crippen LogP contribution in [0.2, 0.25) is 5.02 Å². The van der Waals surface area contributed by atoms with Gasteiger partial charge in [-0.25, -0.2) is 9.78 Å². The summed E-state index contributed by atoms with van der Waals surface area (Å²) in [7, 11) is 3.35. The highest BCUT2D eigenvalue weighted by Gasteiger charge is 2.28. The van der Waals surface area contributed by atoms with Crippen LogP contribution in [0.15, 0.2) is 42.5 Å². The number of unbranched alkanes of at least 4 members (excludes halogenated alkanes) is 1. The third-order valence-corrected chi connectivity index (χ3v) is 5.52. The summed E-state index contributed by atoms with van der Waals surface area (Å²) >= 11 is 6.10. The Kier molecular flexibility index (Phi) is 7.48. The smallest absolute Gasteiger partial charge is 0.337 e. The maximum absolute atomic E-state index is 12.4. The molecule has 0 saturated carbocycles. The van der Waals surface area contributed by atoms with Crippen molar-refractivity contribution in [3.05, 3.63) is 64.3 Å². The lowest BCUT2D eigenvalue weighted by Gasteiger charge is -2.22. The molecule has 1 aromatic heterocycles. The minimum Gasteiger partial charge on any atom is -0.479 e.